The van der Waals surface area contributed by atoms with Crippen LogP contribution in [0.4, 0.5) is 18.9 Å². The Morgan fingerprint density at radius 3 is 2.66 bits per heavy atom. The SMILES string of the molecule is Cc1[nH]c2c(N3CCCC4(CCS(=O)(=O)C4)C3)c(C#N)c(C(F)(F)F)nc2c1Cl. The lowest BCUT2D eigenvalue weighted by atomic mass is 9.79. The first kappa shape index (κ1) is 20.3. The molecule has 156 valence electrons. The standard InChI is InChI=1S/C18H18ClF3N4O2S/c1-10-12(19)13-14(24-10)15(11(7-23)16(25-13)18(20,21)22)26-5-2-3-17(8-26)4-6-29(27,28)9-17/h24H,2-6,8-9H2,1H3. The van der Waals surface area contributed by atoms with E-state index in [2.05, 4.69) is 9.97 Å². The van der Waals surface area contributed by atoms with Gasteiger partial charge in [-0.15, -0.1) is 0 Å². The normalized spacial score (nSPS) is 24.3. The molecule has 1 spiro atoms. The average molecular weight is 447 g/mol. The lowest BCUT2D eigenvalue weighted by Crippen LogP contribution is -2.44. The molecule has 2 fully saturated rings. The maximum Gasteiger partial charge on any atom is 0.434 e. The Balaban J connectivity index is 1.93. The van der Waals surface area contributed by atoms with Crippen molar-refractivity contribution in [2.24, 2.45) is 5.41 Å². The van der Waals surface area contributed by atoms with E-state index in [1.807, 2.05) is 0 Å². The Kier molecular flexibility index (Phi) is 4.55. The third-order valence-electron chi connectivity index (χ3n) is 5.85. The van der Waals surface area contributed by atoms with E-state index in [4.69, 9.17) is 11.6 Å². The summed E-state index contributed by atoms with van der Waals surface area (Å²) in [6.45, 7) is 2.31. The summed E-state index contributed by atoms with van der Waals surface area (Å²) in [5.41, 5.74) is -1.57. The van der Waals surface area contributed by atoms with Gasteiger partial charge in [-0.2, -0.15) is 18.4 Å². The van der Waals surface area contributed by atoms with E-state index < -0.39 is 32.7 Å². The number of aromatic amines is 1. The molecule has 0 aromatic carbocycles. The summed E-state index contributed by atoms with van der Waals surface area (Å²) in [5, 5.41) is 9.68. The van der Waals surface area contributed by atoms with Crippen LogP contribution in [0.5, 0.6) is 0 Å². The minimum absolute atomic E-state index is 0.0171. The van der Waals surface area contributed by atoms with Gasteiger partial charge in [-0.3, -0.25) is 0 Å². The van der Waals surface area contributed by atoms with Crippen LogP contribution in [0.2, 0.25) is 5.02 Å². The zero-order valence-corrected chi connectivity index (χ0v) is 17.1. The second-order valence-corrected chi connectivity index (χ2v) is 10.5. The molecule has 29 heavy (non-hydrogen) atoms. The number of aromatic nitrogens is 2. The van der Waals surface area contributed by atoms with Crippen LogP contribution in [0, 0.1) is 23.7 Å². The lowest BCUT2D eigenvalue weighted by molar-refractivity contribution is -0.141. The topological polar surface area (TPSA) is 89.9 Å². The number of halogens is 4. The van der Waals surface area contributed by atoms with Crippen molar-refractivity contribution in [2.45, 2.75) is 32.4 Å². The molecule has 2 saturated heterocycles. The number of hydrogen-bond acceptors (Lipinski definition) is 5. The second kappa shape index (κ2) is 6.51. The molecule has 2 aromatic heterocycles. The summed E-state index contributed by atoms with van der Waals surface area (Å²) in [4.78, 5) is 8.34. The summed E-state index contributed by atoms with van der Waals surface area (Å²) in [6.07, 6.45) is -3.04. The van der Waals surface area contributed by atoms with E-state index in [-0.39, 0.29) is 39.8 Å². The first-order valence-corrected chi connectivity index (χ1v) is 11.3. The van der Waals surface area contributed by atoms with Gasteiger partial charge in [0.25, 0.3) is 0 Å². The Bertz CT molecular complexity index is 1150. The molecule has 2 aliphatic rings. The van der Waals surface area contributed by atoms with Crippen LogP contribution >= 0.6 is 11.6 Å². The van der Waals surface area contributed by atoms with Crippen LogP contribution in [-0.4, -0.2) is 43.0 Å². The number of alkyl halides is 3. The third kappa shape index (κ3) is 3.34. The number of aryl methyl sites for hydroxylation is 1. The van der Waals surface area contributed by atoms with Gasteiger partial charge in [0.1, 0.15) is 17.1 Å². The van der Waals surface area contributed by atoms with Crippen LogP contribution in [0.25, 0.3) is 11.0 Å². The average Bonchev–Trinajstić information content (AvgIpc) is 3.08. The number of nitriles is 1. The summed E-state index contributed by atoms with van der Waals surface area (Å²) in [7, 11) is -3.17. The molecule has 1 unspecified atom stereocenters. The molecular weight excluding hydrogens is 429 g/mol. The maximum absolute atomic E-state index is 13.7. The molecule has 2 aliphatic heterocycles. The minimum Gasteiger partial charge on any atom is -0.368 e. The molecule has 4 rings (SSSR count). The molecule has 2 aromatic rings. The first-order valence-electron chi connectivity index (χ1n) is 9.11. The van der Waals surface area contributed by atoms with Crippen molar-refractivity contribution in [1.29, 1.82) is 5.26 Å². The molecule has 1 N–H and O–H groups in total. The number of nitrogens with zero attached hydrogens (tertiary/aromatic N) is 3. The predicted octanol–water partition coefficient (Wildman–Crippen LogP) is 3.82. The number of pyridine rings is 1. The number of fused-ring (bicyclic) bond motifs is 1. The van der Waals surface area contributed by atoms with Crippen molar-refractivity contribution in [1.82, 2.24) is 9.97 Å². The predicted molar refractivity (Wildman–Crippen MR) is 103 cm³/mol. The van der Waals surface area contributed by atoms with E-state index in [0.717, 1.165) is 0 Å². The van der Waals surface area contributed by atoms with E-state index in [1.165, 1.54) is 0 Å². The number of piperidine rings is 1. The second-order valence-electron chi connectivity index (χ2n) is 7.95. The van der Waals surface area contributed by atoms with E-state index in [1.54, 1.807) is 17.9 Å². The number of sulfone groups is 1. The molecule has 1 atom stereocenters. The monoisotopic (exact) mass is 446 g/mol. The van der Waals surface area contributed by atoms with Crippen molar-refractivity contribution >= 4 is 38.2 Å². The summed E-state index contributed by atoms with van der Waals surface area (Å²) in [5.74, 6) is 0.0994. The van der Waals surface area contributed by atoms with Crippen LogP contribution in [0.1, 0.15) is 36.2 Å². The van der Waals surface area contributed by atoms with Gasteiger partial charge in [0, 0.05) is 24.2 Å². The smallest absolute Gasteiger partial charge is 0.368 e. The van der Waals surface area contributed by atoms with Crippen molar-refractivity contribution in [3.63, 3.8) is 0 Å². The van der Waals surface area contributed by atoms with Gasteiger partial charge < -0.3 is 9.88 Å². The van der Waals surface area contributed by atoms with Crippen LogP contribution in [0.3, 0.4) is 0 Å². The number of H-pyrrole nitrogens is 1. The largest absolute Gasteiger partial charge is 0.434 e. The van der Waals surface area contributed by atoms with E-state index in [9.17, 15) is 26.9 Å². The van der Waals surface area contributed by atoms with Crippen molar-refractivity contribution in [2.75, 3.05) is 29.5 Å². The molecule has 6 nitrogen and oxygen atoms in total. The molecule has 0 radical (unpaired) electrons. The fourth-order valence-corrected chi connectivity index (χ4v) is 6.99. The summed E-state index contributed by atoms with van der Waals surface area (Å²) >= 11 is 6.19. The number of hydrogen-bond donors (Lipinski definition) is 1. The minimum atomic E-state index is -4.83. The van der Waals surface area contributed by atoms with Crippen LogP contribution < -0.4 is 4.90 Å². The Morgan fingerprint density at radius 2 is 2.07 bits per heavy atom. The number of anilines is 1. The summed E-state index contributed by atoms with van der Waals surface area (Å²) in [6, 6.07) is 1.68. The highest BCUT2D eigenvalue weighted by Crippen LogP contribution is 2.46. The Morgan fingerprint density at radius 1 is 1.34 bits per heavy atom. The maximum atomic E-state index is 13.7. The van der Waals surface area contributed by atoms with Gasteiger partial charge in [0.05, 0.1) is 27.7 Å². The van der Waals surface area contributed by atoms with E-state index >= 15 is 0 Å². The van der Waals surface area contributed by atoms with Gasteiger partial charge in [-0.1, -0.05) is 11.6 Å². The first-order chi connectivity index (χ1) is 13.5. The molecule has 11 heteroatoms. The zero-order valence-electron chi connectivity index (χ0n) is 15.5. The van der Waals surface area contributed by atoms with Gasteiger partial charge in [0.15, 0.2) is 15.5 Å². The Hall–Kier alpha value is -1.99. The molecule has 0 bridgehead atoms. The highest BCUT2D eigenvalue weighted by atomic mass is 35.5. The molecular formula is C18H18ClF3N4O2S. The highest BCUT2D eigenvalue weighted by molar-refractivity contribution is 7.91. The van der Waals surface area contributed by atoms with Gasteiger partial charge >= 0.3 is 6.18 Å². The number of nitrogens with one attached hydrogen (secondary N) is 1. The fraction of sp³-hybridized carbons (Fsp3) is 0.556. The molecule has 0 amide bonds. The molecule has 0 aliphatic carbocycles. The van der Waals surface area contributed by atoms with E-state index in [0.29, 0.717) is 31.5 Å². The lowest BCUT2D eigenvalue weighted by Gasteiger charge is -2.41. The van der Waals surface area contributed by atoms with Gasteiger partial charge in [0.2, 0.25) is 0 Å². The Labute approximate surface area is 170 Å². The van der Waals surface area contributed by atoms with Crippen molar-refractivity contribution in [3.8, 4) is 6.07 Å². The third-order valence-corrected chi connectivity index (χ3v) is 8.19. The number of rotatable bonds is 1. The van der Waals surface area contributed by atoms with Gasteiger partial charge in [-0.25, -0.2) is 13.4 Å². The van der Waals surface area contributed by atoms with Gasteiger partial charge in [-0.05, 0) is 26.2 Å². The fourth-order valence-electron chi connectivity index (χ4n) is 4.60. The summed E-state index contributed by atoms with van der Waals surface area (Å²) < 4.78 is 65.2. The quantitative estimate of drug-likeness (QED) is 0.719. The molecule has 4 heterocycles. The van der Waals surface area contributed by atoms with Crippen LogP contribution in [0.15, 0.2) is 0 Å². The highest BCUT2D eigenvalue weighted by Gasteiger charge is 2.46. The zero-order chi connectivity index (χ0) is 21.2. The molecule has 0 saturated carbocycles. The van der Waals surface area contributed by atoms with Crippen molar-refractivity contribution < 1.29 is 21.6 Å². The van der Waals surface area contributed by atoms with Crippen LogP contribution in [-0.2, 0) is 16.0 Å². The van der Waals surface area contributed by atoms with Crippen molar-refractivity contribution in [3.05, 3.63) is 22.0 Å².